The van der Waals surface area contributed by atoms with Gasteiger partial charge in [-0.15, -0.1) is 0 Å². The maximum absolute atomic E-state index is 14.2. The van der Waals surface area contributed by atoms with Gasteiger partial charge in [0.15, 0.2) is 0 Å². The number of benzene rings is 2. The van der Waals surface area contributed by atoms with E-state index in [2.05, 4.69) is 17.0 Å². The summed E-state index contributed by atoms with van der Waals surface area (Å²) in [5.74, 6) is -2.32. The van der Waals surface area contributed by atoms with E-state index in [1.807, 2.05) is 12.1 Å². The lowest BCUT2D eigenvalue weighted by Gasteiger charge is -2.14. The minimum atomic E-state index is -0.990. The van der Waals surface area contributed by atoms with Crippen LogP contribution in [0.25, 0.3) is 0 Å². The molecular weight excluding hydrogens is 418 g/mol. The van der Waals surface area contributed by atoms with Gasteiger partial charge in [-0.1, -0.05) is 24.3 Å². The highest BCUT2D eigenvalue weighted by molar-refractivity contribution is 5.94. The number of fused-ring (bicyclic) bond motifs is 1. The van der Waals surface area contributed by atoms with Crippen LogP contribution in [-0.4, -0.2) is 29.8 Å². The van der Waals surface area contributed by atoms with E-state index in [9.17, 15) is 18.4 Å². The van der Waals surface area contributed by atoms with Crippen molar-refractivity contribution in [1.82, 2.24) is 9.80 Å². The van der Waals surface area contributed by atoms with E-state index >= 15 is 0 Å². The maximum atomic E-state index is 14.2. The number of ether oxygens (including phenoxy) is 1. The molecule has 0 radical (unpaired) electrons. The van der Waals surface area contributed by atoms with Crippen molar-refractivity contribution in [2.75, 3.05) is 14.1 Å². The molecule has 0 saturated heterocycles. The molecule has 0 saturated carbocycles. The van der Waals surface area contributed by atoms with Crippen LogP contribution in [0.1, 0.15) is 32.8 Å². The van der Waals surface area contributed by atoms with Crippen LogP contribution in [0, 0.1) is 11.6 Å². The van der Waals surface area contributed by atoms with Crippen LogP contribution in [-0.2, 0) is 26.2 Å². The summed E-state index contributed by atoms with van der Waals surface area (Å²) in [6, 6.07) is 11.5. The first kappa shape index (κ1) is 21.7. The second-order valence-electron chi connectivity index (χ2n) is 7.91. The normalized spacial score (nSPS) is 13.1. The molecule has 1 amide bonds. The number of carbonyl (C=O) groups is 1. The first-order valence-corrected chi connectivity index (χ1v) is 10.0. The van der Waals surface area contributed by atoms with Gasteiger partial charge in [0.1, 0.15) is 35.8 Å². The third kappa shape index (κ3) is 4.55. The molecule has 4 rings (SSSR count). The lowest BCUT2D eigenvalue weighted by molar-refractivity contribution is 0.0818. The Morgan fingerprint density at radius 2 is 1.72 bits per heavy atom. The standard InChI is InChI=1S/C24H22F2N2O4/c1-27(2)24(30)23-19(25)7-15(8-20(23)26)13-32-22-14-31-18(9-21(22)29)12-28-10-16-5-3-4-6-17(16)11-28/h3-9,14H,10-13H2,1-2H3. The van der Waals surface area contributed by atoms with E-state index in [1.54, 1.807) is 0 Å². The van der Waals surface area contributed by atoms with Gasteiger partial charge in [0.25, 0.3) is 5.91 Å². The van der Waals surface area contributed by atoms with Crippen molar-refractivity contribution in [2.24, 2.45) is 0 Å². The van der Waals surface area contributed by atoms with Crippen molar-refractivity contribution in [3.8, 4) is 5.75 Å². The molecule has 32 heavy (non-hydrogen) atoms. The molecular formula is C24H22F2N2O4. The zero-order valence-electron chi connectivity index (χ0n) is 17.7. The van der Waals surface area contributed by atoms with Crippen LogP contribution >= 0.6 is 0 Å². The van der Waals surface area contributed by atoms with Gasteiger partial charge in [-0.05, 0) is 28.8 Å². The molecule has 0 fully saturated rings. The van der Waals surface area contributed by atoms with Crippen LogP contribution < -0.4 is 10.2 Å². The fourth-order valence-electron chi connectivity index (χ4n) is 3.66. The monoisotopic (exact) mass is 440 g/mol. The summed E-state index contributed by atoms with van der Waals surface area (Å²) >= 11 is 0. The van der Waals surface area contributed by atoms with Gasteiger partial charge in [-0.25, -0.2) is 8.78 Å². The smallest absolute Gasteiger partial charge is 0.259 e. The molecule has 3 aromatic rings. The lowest BCUT2D eigenvalue weighted by atomic mass is 10.1. The SMILES string of the molecule is CN(C)C(=O)c1c(F)cc(COc2coc(CN3Cc4ccccc4C3)cc2=O)cc1F. The Morgan fingerprint density at radius 3 is 2.28 bits per heavy atom. The third-order valence-corrected chi connectivity index (χ3v) is 5.25. The van der Waals surface area contributed by atoms with Crippen molar-refractivity contribution in [2.45, 2.75) is 26.2 Å². The first-order valence-electron chi connectivity index (χ1n) is 10.0. The van der Waals surface area contributed by atoms with E-state index < -0.39 is 23.1 Å². The van der Waals surface area contributed by atoms with Gasteiger partial charge in [0, 0.05) is 33.3 Å². The average molecular weight is 440 g/mol. The van der Waals surface area contributed by atoms with Gasteiger partial charge in [-0.2, -0.15) is 0 Å². The van der Waals surface area contributed by atoms with Gasteiger partial charge in [0.2, 0.25) is 11.2 Å². The van der Waals surface area contributed by atoms with Crippen molar-refractivity contribution in [1.29, 1.82) is 0 Å². The van der Waals surface area contributed by atoms with Gasteiger partial charge < -0.3 is 14.1 Å². The lowest BCUT2D eigenvalue weighted by Crippen LogP contribution is -2.24. The van der Waals surface area contributed by atoms with Crippen molar-refractivity contribution < 1.29 is 22.7 Å². The van der Waals surface area contributed by atoms with Gasteiger partial charge >= 0.3 is 0 Å². The highest BCUT2D eigenvalue weighted by atomic mass is 19.1. The molecule has 0 aliphatic carbocycles. The highest BCUT2D eigenvalue weighted by Gasteiger charge is 2.21. The quantitative estimate of drug-likeness (QED) is 0.585. The number of hydrogen-bond donors (Lipinski definition) is 0. The summed E-state index contributed by atoms with van der Waals surface area (Å²) in [7, 11) is 2.81. The number of hydrogen-bond acceptors (Lipinski definition) is 5. The topological polar surface area (TPSA) is 63.0 Å². The fraction of sp³-hybridized carbons (Fsp3) is 0.250. The van der Waals surface area contributed by atoms with Crippen LogP contribution in [0.4, 0.5) is 8.78 Å². The Hall–Kier alpha value is -3.52. The summed E-state index contributed by atoms with van der Waals surface area (Å²) < 4.78 is 39.4. The fourth-order valence-corrected chi connectivity index (χ4v) is 3.66. The zero-order chi connectivity index (χ0) is 22.8. The predicted octanol–water partition coefficient (Wildman–Crippen LogP) is 3.71. The molecule has 6 nitrogen and oxygen atoms in total. The van der Waals surface area contributed by atoms with Crippen molar-refractivity contribution >= 4 is 5.91 Å². The second kappa shape index (κ2) is 8.92. The minimum absolute atomic E-state index is 0.0623. The Morgan fingerprint density at radius 1 is 1.09 bits per heavy atom. The molecule has 1 aliphatic heterocycles. The summed E-state index contributed by atoms with van der Waals surface area (Å²) in [5, 5.41) is 0. The van der Waals surface area contributed by atoms with Gasteiger partial charge in [-0.3, -0.25) is 14.5 Å². The minimum Gasteiger partial charge on any atom is -0.482 e. The first-order chi connectivity index (χ1) is 15.3. The van der Waals surface area contributed by atoms with E-state index in [4.69, 9.17) is 9.15 Å². The summed E-state index contributed by atoms with van der Waals surface area (Å²) in [6.07, 6.45) is 1.21. The van der Waals surface area contributed by atoms with E-state index in [1.165, 1.54) is 37.6 Å². The predicted molar refractivity (Wildman–Crippen MR) is 113 cm³/mol. The van der Waals surface area contributed by atoms with Gasteiger partial charge in [0.05, 0.1) is 6.54 Å². The van der Waals surface area contributed by atoms with E-state index in [0.29, 0.717) is 12.3 Å². The zero-order valence-corrected chi connectivity index (χ0v) is 17.7. The molecule has 0 unspecified atom stereocenters. The van der Waals surface area contributed by atoms with Crippen LogP contribution in [0.15, 0.2) is 57.9 Å². The highest BCUT2D eigenvalue weighted by Crippen LogP contribution is 2.24. The van der Waals surface area contributed by atoms with Crippen molar-refractivity contribution in [3.05, 3.63) is 98.6 Å². The molecule has 166 valence electrons. The van der Waals surface area contributed by atoms with Crippen LogP contribution in [0.5, 0.6) is 5.75 Å². The van der Waals surface area contributed by atoms with Crippen LogP contribution in [0.3, 0.4) is 0 Å². The molecule has 8 heteroatoms. The third-order valence-electron chi connectivity index (χ3n) is 5.25. The summed E-state index contributed by atoms with van der Waals surface area (Å²) in [6.45, 7) is 1.78. The largest absolute Gasteiger partial charge is 0.482 e. The average Bonchev–Trinajstić information content (AvgIpc) is 3.14. The number of amides is 1. The molecule has 2 heterocycles. The van der Waals surface area contributed by atoms with Crippen molar-refractivity contribution in [3.63, 3.8) is 0 Å². The summed E-state index contributed by atoms with van der Waals surface area (Å²) in [4.78, 5) is 27.5. The molecule has 1 aromatic heterocycles. The summed E-state index contributed by atoms with van der Waals surface area (Å²) in [5.41, 5.74) is 1.64. The Labute approximate surface area is 183 Å². The van der Waals surface area contributed by atoms with E-state index in [0.717, 1.165) is 30.1 Å². The molecule has 0 N–H and O–H groups in total. The molecule has 1 aliphatic rings. The van der Waals surface area contributed by atoms with E-state index in [-0.39, 0.29) is 23.3 Å². The Balaban J connectivity index is 1.41. The number of rotatable bonds is 6. The Kier molecular flexibility index (Phi) is 6.05. The second-order valence-corrected chi connectivity index (χ2v) is 7.91. The molecule has 2 aromatic carbocycles. The molecule has 0 spiro atoms. The maximum Gasteiger partial charge on any atom is 0.259 e. The Bertz CT molecular complexity index is 1170. The molecule has 0 atom stereocenters. The molecule has 0 bridgehead atoms. The number of halogens is 2. The number of carbonyl (C=O) groups excluding carboxylic acids is 1. The van der Waals surface area contributed by atoms with Crippen LogP contribution in [0.2, 0.25) is 0 Å². The number of nitrogens with zero attached hydrogens (tertiary/aromatic N) is 2.